The predicted octanol–water partition coefficient (Wildman–Crippen LogP) is 7.58. The second-order valence-corrected chi connectivity index (χ2v) is 10.2. The molecule has 4 nitrogen and oxygen atoms in total. The van der Waals surface area contributed by atoms with Crippen molar-refractivity contribution in [2.45, 2.75) is 25.8 Å². The standard InChI is InChI=1S/C34H26N2O2/c1-21-15-17-25-26-18-16-22(2)20-31(26)35(30(25)19-21)29-14-8-12-27-32(29)34(38)36(33(27)37)28-13-7-6-11-24(28)23-9-4-3-5-10-23/h3-20,25,30H,1-2H3. The number of hydrogen-bond acceptors (Lipinski definition) is 3. The molecular weight excluding hydrogens is 468 g/mol. The van der Waals surface area contributed by atoms with Gasteiger partial charge in [-0.2, -0.15) is 0 Å². The monoisotopic (exact) mass is 494 g/mol. The van der Waals surface area contributed by atoms with Gasteiger partial charge in [0.15, 0.2) is 0 Å². The van der Waals surface area contributed by atoms with Gasteiger partial charge in [0.2, 0.25) is 0 Å². The number of carbonyl (C=O) groups is 2. The summed E-state index contributed by atoms with van der Waals surface area (Å²) in [7, 11) is 0. The first-order valence-electron chi connectivity index (χ1n) is 13.0. The molecule has 4 heteroatoms. The molecule has 0 radical (unpaired) electrons. The number of nitrogens with zero attached hydrogens (tertiary/aromatic N) is 2. The maximum Gasteiger partial charge on any atom is 0.268 e. The second kappa shape index (κ2) is 8.42. The minimum Gasteiger partial charge on any atom is -0.333 e. The maximum atomic E-state index is 14.2. The Hall–Kier alpha value is -4.70. The van der Waals surface area contributed by atoms with Crippen LogP contribution in [-0.4, -0.2) is 17.9 Å². The number of amides is 2. The fourth-order valence-corrected chi connectivity index (χ4v) is 6.13. The average Bonchev–Trinajstić information content (AvgIpc) is 3.39. The quantitative estimate of drug-likeness (QED) is 0.276. The van der Waals surface area contributed by atoms with Crippen molar-refractivity contribution in [2.24, 2.45) is 0 Å². The van der Waals surface area contributed by atoms with Gasteiger partial charge in [0, 0.05) is 17.2 Å². The zero-order valence-electron chi connectivity index (χ0n) is 21.3. The van der Waals surface area contributed by atoms with Gasteiger partial charge in [0.1, 0.15) is 0 Å². The van der Waals surface area contributed by atoms with Crippen molar-refractivity contribution in [3.05, 3.63) is 137 Å². The van der Waals surface area contributed by atoms with E-state index < -0.39 is 0 Å². The fraction of sp³-hybridized carbons (Fsp3) is 0.118. The van der Waals surface area contributed by atoms with E-state index in [0.29, 0.717) is 16.8 Å². The molecule has 2 unspecified atom stereocenters. The Morgan fingerprint density at radius 3 is 2.26 bits per heavy atom. The van der Waals surface area contributed by atoms with Gasteiger partial charge in [-0.05, 0) is 54.8 Å². The average molecular weight is 495 g/mol. The molecule has 4 aromatic rings. The Morgan fingerprint density at radius 1 is 0.684 bits per heavy atom. The van der Waals surface area contributed by atoms with E-state index in [2.05, 4.69) is 55.2 Å². The van der Waals surface area contributed by atoms with Crippen molar-refractivity contribution >= 4 is 28.9 Å². The van der Waals surface area contributed by atoms with Crippen LogP contribution in [0.4, 0.5) is 17.1 Å². The van der Waals surface area contributed by atoms with Crippen LogP contribution in [0.2, 0.25) is 0 Å². The van der Waals surface area contributed by atoms with Crippen molar-refractivity contribution in [1.29, 1.82) is 0 Å². The number of fused-ring (bicyclic) bond motifs is 4. The Balaban J connectivity index is 1.39. The summed E-state index contributed by atoms with van der Waals surface area (Å²) >= 11 is 0. The Labute approximate surface area is 222 Å². The van der Waals surface area contributed by atoms with Gasteiger partial charge in [0.25, 0.3) is 11.8 Å². The number of hydrogen-bond donors (Lipinski definition) is 0. The summed E-state index contributed by atoms with van der Waals surface area (Å²) in [4.78, 5) is 31.7. The van der Waals surface area contributed by atoms with Crippen molar-refractivity contribution in [3.63, 3.8) is 0 Å². The minimum absolute atomic E-state index is 0.0388. The van der Waals surface area contributed by atoms with Crippen LogP contribution in [0.1, 0.15) is 44.7 Å². The lowest BCUT2D eigenvalue weighted by molar-refractivity contribution is 0.0926. The van der Waals surface area contributed by atoms with Gasteiger partial charge < -0.3 is 4.90 Å². The van der Waals surface area contributed by atoms with Crippen LogP contribution < -0.4 is 9.80 Å². The summed E-state index contributed by atoms with van der Waals surface area (Å²) in [6, 6.07) is 29.7. The Morgan fingerprint density at radius 2 is 1.42 bits per heavy atom. The maximum absolute atomic E-state index is 14.2. The number of carbonyl (C=O) groups excluding carboxylic acids is 2. The molecule has 7 rings (SSSR count). The topological polar surface area (TPSA) is 40.6 Å². The number of allylic oxidation sites excluding steroid dienone is 2. The van der Waals surface area contributed by atoms with Gasteiger partial charge in [-0.3, -0.25) is 9.59 Å². The smallest absolute Gasteiger partial charge is 0.268 e. The number of benzene rings is 4. The van der Waals surface area contributed by atoms with Crippen molar-refractivity contribution in [3.8, 4) is 11.1 Å². The molecule has 2 heterocycles. The molecular formula is C34H26N2O2. The third-order valence-corrected chi connectivity index (χ3v) is 7.85. The van der Waals surface area contributed by atoms with E-state index in [1.165, 1.54) is 16.0 Å². The number of imide groups is 1. The number of para-hydroxylation sites is 1. The van der Waals surface area contributed by atoms with Crippen molar-refractivity contribution < 1.29 is 9.59 Å². The molecule has 0 saturated heterocycles. The summed E-state index contributed by atoms with van der Waals surface area (Å²) in [6.45, 7) is 4.19. The fourth-order valence-electron chi connectivity index (χ4n) is 6.13. The van der Waals surface area contributed by atoms with Crippen LogP contribution in [0.25, 0.3) is 11.1 Å². The van der Waals surface area contributed by atoms with Gasteiger partial charge in [-0.1, -0.05) is 90.5 Å². The molecule has 184 valence electrons. The summed E-state index contributed by atoms with van der Waals surface area (Å²) in [6.07, 6.45) is 6.69. The molecule has 0 N–H and O–H groups in total. The molecule has 2 atom stereocenters. The lowest BCUT2D eigenvalue weighted by Crippen LogP contribution is -2.32. The molecule has 0 spiro atoms. The van der Waals surface area contributed by atoms with Gasteiger partial charge in [0.05, 0.1) is 28.5 Å². The molecule has 1 aliphatic carbocycles. The van der Waals surface area contributed by atoms with Crippen LogP contribution in [0.5, 0.6) is 0 Å². The highest BCUT2D eigenvalue weighted by Gasteiger charge is 2.44. The second-order valence-electron chi connectivity index (χ2n) is 10.2. The van der Waals surface area contributed by atoms with Crippen LogP contribution >= 0.6 is 0 Å². The van der Waals surface area contributed by atoms with Crippen LogP contribution in [0, 0.1) is 6.92 Å². The van der Waals surface area contributed by atoms with Crippen molar-refractivity contribution in [2.75, 3.05) is 9.80 Å². The van der Waals surface area contributed by atoms with Gasteiger partial charge in [-0.15, -0.1) is 0 Å². The third-order valence-electron chi connectivity index (χ3n) is 7.85. The summed E-state index contributed by atoms with van der Waals surface area (Å²) in [5.41, 5.74) is 8.77. The normalized spacial score (nSPS) is 19.4. The van der Waals surface area contributed by atoms with E-state index in [9.17, 15) is 9.59 Å². The van der Waals surface area contributed by atoms with E-state index in [4.69, 9.17) is 0 Å². The van der Waals surface area contributed by atoms with Crippen LogP contribution in [0.15, 0.2) is 115 Å². The highest BCUT2D eigenvalue weighted by molar-refractivity contribution is 6.37. The summed E-state index contributed by atoms with van der Waals surface area (Å²) in [5.74, 6) is -0.383. The Bertz CT molecular complexity index is 1700. The first kappa shape index (κ1) is 22.5. The molecule has 4 aromatic carbocycles. The zero-order chi connectivity index (χ0) is 26.0. The SMILES string of the molecule is CC1=CC2C(C=C1)c1ccc(C)cc1N2c1cccc2c1C(=O)N(c1ccccc1-c1ccccc1)C2=O. The molecule has 0 aromatic heterocycles. The number of aryl methyl sites for hydroxylation is 1. The number of anilines is 3. The first-order chi connectivity index (χ1) is 18.5. The minimum atomic E-state index is -0.286. The largest absolute Gasteiger partial charge is 0.333 e. The molecule has 38 heavy (non-hydrogen) atoms. The van der Waals surface area contributed by atoms with E-state index >= 15 is 0 Å². The lowest BCUT2D eigenvalue weighted by Gasteiger charge is -2.30. The van der Waals surface area contributed by atoms with E-state index in [-0.39, 0.29) is 23.8 Å². The zero-order valence-corrected chi connectivity index (χ0v) is 21.3. The molecule has 0 saturated carbocycles. The molecule has 3 aliphatic rings. The van der Waals surface area contributed by atoms with Gasteiger partial charge in [-0.25, -0.2) is 4.90 Å². The number of rotatable bonds is 3. The van der Waals surface area contributed by atoms with Crippen molar-refractivity contribution in [1.82, 2.24) is 0 Å². The van der Waals surface area contributed by atoms with Crippen LogP contribution in [-0.2, 0) is 0 Å². The van der Waals surface area contributed by atoms with Gasteiger partial charge >= 0.3 is 0 Å². The third kappa shape index (κ3) is 3.23. The molecule has 0 fully saturated rings. The molecule has 0 bridgehead atoms. The van der Waals surface area contributed by atoms with E-state index in [1.54, 1.807) is 6.07 Å². The lowest BCUT2D eigenvalue weighted by atomic mass is 9.89. The predicted molar refractivity (Wildman–Crippen MR) is 152 cm³/mol. The molecule has 2 amide bonds. The summed E-state index contributed by atoms with van der Waals surface area (Å²) in [5, 5.41) is 0. The first-order valence-corrected chi connectivity index (χ1v) is 13.0. The van der Waals surface area contributed by atoms with E-state index in [1.807, 2.05) is 66.7 Å². The van der Waals surface area contributed by atoms with Crippen LogP contribution in [0.3, 0.4) is 0 Å². The summed E-state index contributed by atoms with van der Waals surface area (Å²) < 4.78 is 0. The highest BCUT2D eigenvalue weighted by atomic mass is 16.2. The highest BCUT2D eigenvalue weighted by Crippen LogP contribution is 2.50. The Kier molecular flexibility index (Phi) is 4.98. The molecule has 2 aliphatic heterocycles. The van der Waals surface area contributed by atoms with E-state index in [0.717, 1.165) is 28.1 Å².